The van der Waals surface area contributed by atoms with Gasteiger partial charge in [0.15, 0.2) is 0 Å². The summed E-state index contributed by atoms with van der Waals surface area (Å²) in [5.41, 5.74) is 5.94. The molecule has 0 aliphatic heterocycles. The minimum absolute atomic E-state index is 0.154. The molecule has 4 nitrogen and oxygen atoms in total. The van der Waals surface area contributed by atoms with Crippen LogP contribution in [0.2, 0.25) is 6.32 Å². The molecule has 1 atom stereocenters. The Hall–Kier alpha value is -0.0951. The molecule has 0 amide bonds. The smallest absolute Gasteiger partial charge is 0.427 e. The molecule has 0 aliphatic rings. The predicted octanol–water partition coefficient (Wildman–Crippen LogP) is 0.773. The zero-order valence-electron chi connectivity index (χ0n) is 9.91. The van der Waals surface area contributed by atoms with E-state index in [1.54, 1.807) is 7.11 Å². The van der Waals surface area contributed by atoms with Crippen molar-refractivity contribution in [1.82, 2.24) is 0 Å². The van der Waals surface area contributed by atoms with E-state index in [4.69, 9.17) is 20.5 Å². The van der Waals surface area contributed by atoms with Gasteiger partial charge in [0, 0.05) is 19.3 Å². The molecule has 90 valence electrons. The van der Waals surface area contributed by atoms with Crippen molar-refractivity contribution in [2.75, 3.05) is 13.7 Å². The van der Waals surface area contributed by atoms with Crippen molar-refractivity contribution < 1.29 is 14.8 Å². The van der Waals surface area contributed by atoms with E-state index in [0.717, 1.165) is 38.7 Å². The molecule has 0 bridgehead atoms. The van der Waals surface area contributed by atoms with Crippen LogP contribution in [0.5, 0.6) is 0 Å². The lowest BCUT2D eigenvalue weighted by atomic mass is 9.82. The van der Waals surface area contributed by atoms with Crippen LogP contribution in [0.1, 0.15) is 39.0 Å². The highest BCUT2D eigenvalue weighted by Gasteiger charge is 2.17. The van der Waals surface area contributed by atoms with Crippen LogP contribution >= 0.6 is 0 Å². The fourth-order valence-corrected chi connectivity index (χ4v) is 1.60. The van der Waals surface area contributed by atoms with E-state index < -0.39 is 7.12 Å². The summed E-state index contributed by atoms with van der Waals surface area (Å²) < 4.78 is 4.97. The molecule has 0 aromatic carbocycles. The maximum atomic E-state index is 8.66. The van der Waals surface area contributed by atoms with E-state index in [1.807, 2.05) is 6.92 Å². The van der Waals surface area contributed by atoms with Crippen molar-refractivity contribution >= 4 is 7.12 Å². The molecular weight excluding hydrogens is 193 g/mol. The molecule has 0 aliphatic carbocycles. The first-order valence-corrected chi connectivity index (χ1v) is 5.62. The molecular formula is C10H24BNO3. The molecule has 15 heavy (non-hydrogen) atoms. The Kier molecular flexibility index (Phi) is 8.05. The summed E-state index contributed by atoms with van der Waals surface area (Å²) in [6.45, 7) is 2.79. The Morgan fingerprint density at radius 1 is 1.20 bits per heavy atom. The van der Waals surface area contributed by atoms with Crippen molar-refractivity contribution in [3.63, 3.8) is 0 Å². The fraction of sp³-hybridized carbons (Fsp3) is 1.00. The van der Waals surface area contributed by atoms with E-state index >= 15 is 0 Å². The quantitative estimate of drug-likeness (QED) is 0.394. The highest BCUT2D eigenvalue weighted by molar-refractivity contribution is 6.40. The average Bonchev–Trinajstić information content (AvgIpc) is 2.13. The fourth-order valence-electron chi connectivity index (χ4n) is 1.60. The van der Waals surface area contributed by atoms with E-state index in [9.17, 15) is 0 Å². The van der Waals surface area contributed by atoms with E-state index in [2.05, 4.69) is 0 Å². The molecule has 0 saturated heterocycles. The Labute approximate surface area is 93.0 Å². The normalized spacial score (nSPS) is 15.0. The first-order chi connectivity index (χ1) is 6.98. The number of methoxy groups -OCH3 is 1. The van der Waals surface area contributed by atoms with Crippen LogP contribution in [-0.2, 0) is 4.74 Å². The lowest BCUT2D eigenvalue weighted by molar-refractivity contribution is 0.183. The van der Waals surface area contributed by atoms with Gasteiger partial charge in [0.2, 0.25) is 0 Å². The van der Waals surface area contributed by atoms with Gasteiger partial charge in [0.05, 0.1) is 0 Å². The van der Waals surface area contributed by atoms with Gasteiger partial charge < -0.3 is 20.5 Å². The second-order valence-corrected chi connectivity index (χ2v) is 4.48. The standard InChI is InChI=1S/C10H24BNO3/c1-10(12,7-5-9-15-2)6-3-4-8-11(13)14/h13-14H,3-9,12H2,1-2H3. The molecule has 0 radical (unpaired) electrons. The van der Waals surface area contributed by atoms with Crippen molar-refractivity contribution in [3.8, 4) is 0 Å². The topological polar surface area (TPSA) is 75.7 Å². The molecule has 0 heterocycles. The highest BCUT2D eigenvalue weighted by Crippen LogP contribution is 2.17. The van der Waals surface area contributed by atoms with Crippen LogP contribution in [0.15, 0.2) is 0 Å². The monoisotopic (exact) mass is 217 g/mol. The molecule has 1 unspecified atom stereocenters. The van der Waals surface area contributed by atoms with Gasteiger partial charge >= 0.3 is 7.12 Å². The number of hydrogen-bond acceptors (Lipinski definition) is 4. The summed E-state index contributed by atoms with van der Waals surface area (Å²) >= 11 is 0. The maximum Gasteiger partial charge on any atom is 0.451 e. The summed E-state index contributed by atoms with van der Waals surface area (Å²) in [6.07, 6.45) is 5.04. The summed E-state index contributed by atoms with van der Waals surface area (Å²) in [7, 11) is 0.513. The second kappa shape index (κ2) is 8.10. The first kappa shape index (κ1) is 14.9. The van der Waals surface area contributed by atoms with E-state index in [1.165, 1.54) is 0 Å². The molecule has 4 N–H and O–H groups in total. The van der Waals surface area contributed by atoms with Gasteiger partial charge in [-0.3, -0.25) is 0 Å². The lowest BCUT2D eigenvalue weighted by Gasteiger charge is -2.24. The van der Waals surface area contributed by atoms with Gasteiger partial charge in [-0.2, -0.15) is 0 Å². The largest absolute Gasteiger partial charge is 0.451 e. The Balaban J connectivity index is 3.46. The maximum absolute atomic E-state index is 8.66. The minimum atomic E-state index is -1.18. The molecule has 5 heteroatoms. The lowest BCUT2D eigenvalue weighted by Crippen LogP contribution is -2.36. The van der Waals surface area contributed by atoms with Crippen LogP contribution in [0, 0.1) is 0 Å². The third kappa shape index (κ3) is 10.2. The zero-order valence-corrected chi connectivity index (χ0v) is 9.91. The number of rotatable bonds is 9. The van der Waals surface area contributed by atoms with Crippen molar-refractivity contribution in [3.05, 3.63) is 0 Å². The molecule has 0 fully saturated rings. The van der Waals surface area contributed by atoms with E-state index in [0.29, 0.717) is 6.32 Å². The Morgan fingerprint density at radius 2 is 1.80 bits per heavy atom. The van der Waals surface area contributed by atoms with Crippen molar-refractivity contribution in [2.45, 2.75) is 50.9 Å². The summed E-state index contributed by atoms with van der Waals surface area (Å²) in [5.74, 6) is 0. The number of hydrogen-bond donors (Lipinski definition) is 3. The van der Waals surface area contributed by atoms with Crippen LogP contribution < -0.4 is 5.73 Å². The molecule has 0 aromatic rings. The average molecular weight is 217 g/mol. The Morgan fingerprint density at radius 3 is 2.33 bits per heavy atom. The molecule has 0 saturated carbocycles. The molecule has 0 aromatic heterocycles. The molecule has 0 spiro atoms. The second-order valence-electron chi connectivity index (χ2n) is 4.48. The van der Waals surface area contributed by atoms with Gasteiger partial charge in [-0.15, -0.1) is 0 Å². The first-order valence-electron chi connectivity index (χ1n) is 5.62. The van der Waals surface area contributed by atoms with Crippen LogP contribution in [0.4, 0.5) is 0 Å². The Bertz CT molecular complexity index is 154. The summed E-state index contributed by atoms with van der Waals surface area (Å²) in [4.78, 5) is 0. The minimum Gasteiger partial charge on any atom is -0.427 e. The number of ether oxygens (including phenoxy) is 1. The van der Waals surface area contributed by atoms with Crippen molar-refractivity contribution in [1.29, 1.82) is 0 Å². The summed E-state index contributed by atoms with van der Waals surface area (Å²) in [6, 6.07) is 0. The van der Waals surface area contributed by atoms with Crippen LogP contribution in [-0.4, -0.2) is 36.4 Å². The van der Waals surface area contributed by atoms with Gasteiger partial charge in [0.1, 0.15) is 0 Å². The van der Waals surface area contributed by atoms with Gasteiger partial charge in [-0.25, -0.2) is 0 Å². The number of nitrogens with two attached hydrogens (primary N) is 1. The third-order valence-electron chi connectivity index (χ3n) is 2.56. The molecule has 0 rings (SSSR count). The highest BCUT2D eigenvalue weighted by atomic mass is 16.5. The van der Waals surface area contributed by atoms with Crippen molar-refractivity contribution in [2.24, 2.45) is 5.73 Å². The summed E-state index contributed by atoms with van der Waals surface area (Å²) in [5, 5.41) is 17.3. The predicted molar refractivity (Wildman–Crippen MR) is 62.6 cm³/mol. The zero-order chi connectivity index (χ0) is 11.7. The van der Waals surface area contributed by atoms with Crippen LogP contribution in [0.25, 0.3) is 0 Å². The third-order valence-corrected chi connectivity index (χ3v) is 2.56. The van der Waals surface area contributed by atoms with Crippen LogP contribution in [0.3, 0.4) is 0 Å². The van der Waals surface area contributed by atoms with E-state index in [-0.39, 0.29) is 5.54 Å². The van der Waals surface area contributed by atoms with Gasteiger partial charge in [-0.05, 0) is 32.5 Å². The number of unbranched alkanes of at least 4 members (excludes halogenated alkanes) is 1. The SMILES string of the molecule is COCCCC(C)(N)CCCCB(O)O. The van der Waals surface area contributed by atoms with Gasteiger partial charge in [-0.1, -0.05) is 12.8 Å². The van der Waals surface area contributed by atoms with Gasteiger partial charge in [0.25, 0.3) is 0 Å².